The standard InChI is InChI=1S/C13H12BrClN2/c1-8-10(14)3-2-4-12(8)17-13-6-5-9(16)7-11(13)15/h2-7,17H,16H2,1H3. The lowest BCUT2D eigenvalue weighted by atomic mass is 10.2. The first-order chi connectivity index (χ1) is 8.08. The molecule has 0 bridgehead atoms. The van der Waals surface area contributed by atoms with Gasteiger partial charge in [0, 0.05) is 15.8 Å². The zero-order valence-corrected chi connectivity index (χ0v) is 11.6. The van der Waals surface area contributed by atoms with Crippen LogP contribution >= 0.6 is 27.5 Å². The van der Waals surface area contributed by atoms with Crippen LogP contribution in [0.5, 0.6) is 0 Å². The summed E-state index contributed by atoms with van der Waals surface area (Å²) < 4.78 is 1.06. The fourth-order valence-corrected chi connectivity index (χ4v) is 2.12. The quantitative estimate of drug-likeness (QED) is 0.786. The first kappa shape index (κ1) is 12.3. The van der Waals surface area contributed by atoms with Crippen LogP contribution in [0.1, 0.15) is 5.56 Å². The maximum Gasteiger partial charge on any atom is 0.0661 e. The predicted octanol–water partition coefficient (Wildman–Crippen LogP) is 4.74. The molecule has 0 aliphatic rings. The highest BCUT2D eigenvalue weighted by Gasteiger charge is 2.05. The second-order valence-electron chi connectivity index (χ2n) is 3.78. The van der Waals surface area contributed by atoms with Crippen molar-refractivity contribution in [1.82, 2.24) is 0 Å². The molecule has 0 heterocycles. The summed E-state index contributed by atoms with van der Waals surface area (Å²) in [4.78, 5) is 0. The molecule has 0 aliphatic carbocycles. The minimum absolute atomic E-state index is 0.615. The first-order valence-corrected chi connectivity index (χ1v) is 6.32. The summed E-state index contributed by atoms with van der Waals surface area (Å²) in [6, 6.07) is 11.4. The Kier molecular flexibility index (Phi) is 3.60. The van der Waals surface area contributed by atoms with Crippen molar-refractivity contribution in [2.24, 2.45) is 0 Å². The molecule has 0 unspecified atom stereocenters. The van der Waals surface area contributed by atoms with Crippen LogP contribution in [-0.4, -0.2) is 0 Å². The Bertz CT molecular complexity index is 555. The molecular formula is C13H12BrClN2. The Balaban J connectivity index is 2.35. The molecule has 88 valence electrons. The smallest absolute Gasteiger partial charge is 0.0661 e. The normalized spacial score (nSPS) is 10.3. The number of hydrogen-bond donors (Lipinski definition) is 2. The Morgan fingerprint density at radius 2 is 1.94 bits per heavy atom. The van der Waals surface area contributed by atoms with E-state index in [0.29, 0.717) is 10.7 Å². The summed E-state index contributed by atoms with van der Waals surface area (Å²) in [6.07, 6.45) is 0. The summed E-state index contributed by atoms with van der Waals surface area (Å²) in [6.45, 7) is 2.04. The van der Waals surface area contributed by atoms with Gasteiger partial charge >= 0.3 is 0 Å². The third-order valence-electron chi connectivity index (χ3n) is 2.53. The maximum atomic E-state index is 6.12. The monoisotopic (exact) mass is 310 g/mol. The first-order valence-electron chi connectivity index (χ1n) is 5.15. The fraction of sp³-hybridized carbons (Fsp3) is 0.0769. The van der Waals surface area contributed by atoms with Crippen LogP contribution in [0, 0.1) is 6.92 Å². The van der Waals surface area contributed by atoms with Crippen LogP contribution in [-0.2, 0) is 0 Å². The van der Waals surface area contributed by atoms with Gasteiger partial charge in [-0.1, -0.05) is 33.6 Å². The summed E-state index contributed by atoms with van der Waals surface area (Å²) in [5.74, 6) is 0. The summed E-state index contributed by atoms with van der Waals surface area (Å²) in [5, 5.41) is 3.91. The Morgan fingerprint density at radius 1 is 1.18 bits per heavy atom. The molecule has 0 radical (unpaired) electrons. The SMILES string of the molecule is Cc1c(Br)cccc1Nc1ccc(N)cc1Cl. The summed E-state index contributed by atoms with van der Waals surface area (Å²) >= 11 is 9.61. The van der Waals surface area contributed by atoms with E-state index in [2.05, 4.69) is 21.2 Å². The largest absolute Gasteiger partial charge is 0.399 e. The Morgan fingerprint density at radius 3 is 2.65 bits per heavy atom. The minimum Gasteiger partial charge on any atom is -0.399 e. The van der Waals surface area contributed by atoms with E-state index in [-0.39, 0.29) is 0 Å². The van der Waals surface area contributed by atoms with Crippen LogP contribution in [0.2, 0.25) is 5.02 Å². The Hall–Kier alpha value is -1.19. The topological polar surface area (TPSA) is 38.0 Å². The molecule has 3 N–H and O–H groups in total. The lowest BCUT2D eigenvalue weighted by Crippen LogP contribution is -1.95. The number of halogens is 2. The molecule has 0 aromatic heterocycles. The number of hydrogen-bond acceptors (Lipinski definition) is 2. The van der Waals surface area contributed by atoms with Gasteiger partial charge in [0.15, 0.2) is 0 Å². The molecule has 0 saturated heterocycles. The molecular weight excluding hydrogens is 300 g/mol. The van der Waals surface area contributed by atoms with Gasteiger partial charge in [0.05, 0.1) is 10.7 Å². The lowest BCUT2D eigenvalue weighted by Gasteiger charge is -2.12. The van der Waals surface area contributed by atoms with Crippen molar-refractivity contribution < 1.29 is 0 Å². The molecule has 0 atom stereocenters. The van der Waals surface area contributed by atoms with Gasteiger partial charge in [-0.05, 0) is 42.8 Å². The van der Waals surface area contributed by atoms with E-state index in [9.17, 15) is 0 Å². The molecule has 0 spiro atoms. The highest BCUT2D eigenvalue weighted by Crippen LogP contribution is 2.30. The van der Waals surface area contributed by atoms with Gasteiger partial charge < -0.3 is 11.1 Å². The van der Waals surface area contributed by atoms with E-state index in [4.69, 9.17) is 17.3 Å². The number of nitrogens with two attached hydrogens (primary N) is 1. The number of rotatable bonds is 2. The van der Waals surface area contributed by atoms with Gasteiger partial charge in [-0.3, -0.25) is 0 Å². The van der Waals surface area contributed by atoms with Crippen molar-refractivity contribution >= 4 is 44.6 Å². The number of benzene rings is 2. The van der Waals surface area contributed by atoms with Gasteiger partial charge in [0.1, 0.15) is 0 Å². The molecule has 0 saturated carbocycles. The van der Waals surface area contributed by atoms with Crippen molar-refractivity contribution in [2.45, 2.75) is 6.92 Å². The van der Waals surface area contributed by atoms with E-state index in [1.54, 1.807) is 6.07 Å². The molecule has 2 nitrogen and oxygen atoms in total. The molecule has 17 heavy (non-hydrogen) atoms. The Labute approximate surface area is 114 Å². The van der Waals surface area contributed by atoms with Crippen molar-refractivity contribution in [3.05, 3.63) is 51.5 Å². The number of nitrogens with one attached hydrogen (secondary N) is 1. The zero-order valence-electron chi connectivity index (χ0n) is 9.30. The second kappa shape index (κ2) is 4.98. The molecule has 2 aromatic rings. The van der Waals surface area contributed by atoms with Crippen LogP contribution < -0.4 is 11.1 Å². The average molecular weight is 312 g/mol. The average Bonchev–Trinajstić information content (AvgIpc) is 2.28. The van der Waals surface area contributed by atoms with Gasteiger partial charge in [-0.15, -0.1) is 0 Å². The maximum absolute atomic E-state index is 6.12. The van der Waals surface area contributed by atoms with Crippen molar-refractivity contribution in [3.63, 3.8) is 0 Å². The summed E-state index contributed by atoms with van der Waals surface area (Å²) in [5.41, 5.74) is 9.32. The van der Waals surface area contributed by atoms with E-state index in [1.807, 2.05) is 37.3 Å². The van der Waals surface area contributed by atoms with Crippen LogP contribution in [0.25, 0.3) is 0 Å². The van der Waals surface area contributed by atoms with E-state index in [1.165, 1.54) is 0 Å². The molecule has 0 fully saturated rings. The van der Waals surface area contributed by atoms with Gasteiger partial charge in [0.2, 0.25) is 0 Å². The third-order valence-corrected chi connectivity index (χ3v) is 3.70. The van der Waals surface area contributed by atoms with Gasteiger partial charge in [-0.2, -0.15) is 0 Å². The fourth-order valence-electron chi connectivity index (χ4n) is 1.52. The van der Waals surface area contributed by atoms with Crippen molar-refractivity contribution in [2.75, 3.05) is 11.1 Å². The van der Waals surface area contributed by atoms with Gasteiger partial charge in [0.25, 0.3) is 0 Å². The molecule has 2 aromatic carbocycles. The third kappa shape index (κ3) is 2.73. The van der Waals surface area contributed by atoms with Crippen LogP contribution in [0.4, 0.5) is 17.1 Å². The van der Waals surface area contributed by atoms with Crippen molar-refractivity contribution in [3.8, 4) is 0 Å². The minimum atomic E-state index is 0.615. The van der Waals surface area contributed by atoms with Crippen LogP contribution in [0.3, 0.4) is 0 Å². The van der Waals surface area contributed by atoms with Gasteiger partial charge in [-0.25, -0.2) is 0 Å². The molecule has 0 amide bonds. The zero-order chi connectivity index (χ0) is 12.4. The lowest BCUT2D eigenvalue weighted by molar-refractivity contribution is 1.40. The van der Waals surface area contributed by atoms with E-state index < -0.39 is 0 Å². The highest BCUT2D eigenvalue weighted by molar-refractivity contribution is 9.10. The second-order valence-corrected chi connectivity index (χ2v) is 5.04. The molecule has 4 heteroatoms. The van der Waals surface area contributed by atoms with Crippen molar-refractivity contribution in [1.29, 1.82) is 0 Å². The van der Waals surface area contributed by atoms with Crippen LogP contribution in [0.15, 0.2) is 40.9 Å². The molecule has 0 aliphatic heterocycles. The highest BCUT2D eigenvalue weighted by atomic mass is 79.9. The predicted molar refractivity (Wildman–Crippen MR) is 78.0 cm³/mol. The number of nitrogen functional groups attached to an aromatic ring is 1. The number of anilines is 3. The molecule has 2 rings (SSSR count). The summed E-state index contributed by atoms with van der Waals surface area (Å²) in [7, 11) is 0. The van der Waals surface area contributed by atoms with E-state index >= 15 is 0 Å². The van der Waals surface area contributed by atoms with E-state index in [0.717, 1.165) is 21.4 Å².